The predicted molar refractivity (Wildman–Crippen MR) is 136 cm³/mol. The van der Waals surface area contributed by atoms with Gasteiger partial charge in [0.15, 0.2) is 5.11 Å². The van der Waals surface area contributed by atoms with Gasteiger partial charge in [-0.05, 0) is 80.2 Å². The quantitative estimate of drug-likeness (QED) is 0.237. The molecule has 4 rings (SSSR count). The number of carbonyl (C=O) groups is 4. The van der Waals surface area contributed by atoms with Crippen molar-refractivity contribution >= 4 is 52.8 Å². The van der Waals surface area contributed by atoms with Gasteiger partial charge in [-0.2, -0.15) is 0 Å². The summed E-state index contributed by atoms with van der Waals surface area (Å²) in [6.45, 7) is 3.66. The van der Waals surface area contributed by atoms with E-state index in [0.29, 0.717) is 28.2 Å². The van der Waals surface area contributed by atoms with Crippen LogP contribution in [0.25, 0.3) is 11.8 Å². The summed E-state index contributed by atoms with van der Waals surface area (Å²) in [5.74, 6) is -2.89. The first kappa shape index (κ1) is 24.6. The molecule has 2 N–H and O–H groups in total. The second kappa shape index (κ2) is 9.59. The van der Waals surface area contributed by atoms with Crippen LogP contribution in [0.2, 0.25) is 0 Å². The summed E-state index contributed by atoms with van der Waals surface area (Å²) < 4.78 is 6.75. The molecular formula is C26H21N3O6S. The first-order valence-corrected chi connectivity index (χ1v) is 11.2. The molecule has 2 amide bonds. The van der Waals surface area contributed by atoms with Gasteiger partial charge in [-0.25, -0.2) is 9.59 Å². The Morgan fingerprint density at radius 1 is 1.06 bits per heavy atom. The highest BCUT2D eigenvalue weighted by atomic mass is 32.1. The number of methoxy groups -OCH3 is 1. The lowest BCUT2D eigenvalue weighted by Gasteiger charge is -2.29. The van der Waals surface area contributed by atoms with E-state index in [9.17, 15) is 19.2 Å². The number of anilines is 1. The number of esters is 1. The van der Waals surface area contributed by atoms with Crippen molar-refractivity contribution in [1.29, 1.82) is 0 Å². The van der Waals surface area contributed by atoms with Gasteiger partial charge < -0.3 is 14.4 Å². The fourth-order valence-electron chi connectivity index (χ4n) is 4.06. The summed E-state index contributed by atoms with van der Waals surface area (Å²) in [5.41, 5.74) is 3.26. The number of para-hydroxylation sites is 1. The van der Waals surface area contributed by atoms with E-state index in [1.165, 1.54) is 37.5 Å². The van der Waals surface area contributed by atoms with Crippen molar-refractivity contribution in [3.8, 4) is 5.69 Å². The number of aryl methyl sites for hydroxylation is 1. The molecule has 36 heavy (non-hydrogen) atoms. The monoisotopic (exact) mass is 503 g/mol. The number of rotatable bonds is 5. The summed E-state index contributed by atoms with van der Waals surface area (Å²) in [7, 11) is 1.31. The average molecular weight is 504 g/mol. The number of hydrogen-bond acceptors (Lipinski definition) is 6. The fourth-order valence-corrected chi connectivity index (χ4v) is 4.34. The van der Waals surface area contributed by atoms with E-state index in [4.69, 9.17) is 22.1 Å². The highest BCUT2D eigenvalue weighted by Gasteiger charge is 2.35. The predicted octanol–water partition coefficient (Wildman–Crippen LogP) is 3.41. The lowest BCUT2D eigenvalue weighted by molar-refractivity contribution is -0.122. The van der Waals surface area contributed by atoms with Crippen LogP contribution < -0.4 is 10.2 Å². The second-order valence-corrected chi connectivity index (χ2v) is 8.37. The van der Waals surface area contributed by atoms with Gasteiger partial charge >= 0.3 is 11.9 Å². The Morgan fingerprint density at radius 2 is 1.72 bits per heavy atom. The van der Waals surface area contributed by atoms with E-state index in [0.717, 1.165) is 10.6 Å². The lowest BCUT2D eigenvalue weighted by Crippen LogP contribution is -2.54. The van der Waals surface area contributed by atoms with Crippen LogP contribution in [-0.2, 0) is 14.3 Å². The van der Waals surface area contributed by atoms with Crippen LogP contribution in [0.3, 0.4) is 0 Å². The molecule has 0 spiro atoms. The van der Waals surface area contributed by atoms with Gasteiger partial charge in [0.1, 0.15) is 5.57 Å². The standard InChI is InChI=1S/C26H21N3O6S/c1-14-12-17(15(2)28(14)21-7-5-4-6-19(21)25(34)35-3)13-20-22(30)27-26(36)29(23(20)31)18-10-8-16(9-11-18)24(32)33/h4-13H,1-3H3,(H,32,33)(H,27,30,36)/b20-13+. The number of aromatic nitrogens is 1. The summed E-state index contributed by atoms with van der Waals surface area (Å²) in [4.78, 5) is 50.7. The van der Waals surface area contributed by atoms with Crippen molar-refractivity contribution < 1.29 is 29.0 Å². The van der Waals surface area contributed by atoms with Crippen molar-refractivity contribution in [1.82, 2.24) is 9.88 Å². The van der Waals surface area contributed by atoms with Crippen LogP contribution in [-0.4, -0.2) is 45.6 Å². The van der Waals surface area contributed by atoms with E-state index in [-0.39, 0.29) is 16.2 Å². The molecular weight excluding hydrogens is 482 g/mol. The Balaban J connectivity index is 1.76. The number of carbonyl (C=O) groups excluding carboxylic acids is 3. The van der Waals surface area contributed by atoms with E-state index in [1.54, 1.807) is 30.3 Å². The molecule has 2 heterocycles. The number of ether oxygens (including phenoxy) is 1. The summed E-state index contributed by atoms with van der Waals surface area (Å²) in [6.07, 6.45) is 1.47. The topological polar surface area (TPSA) is 118 Å². The number of nitrogens with one attached hydrogen (secondary N) is 1. The third-order valence-electron chi connectivity index (χ3n) is 5.79. The summed E-state index contributed by atoms with van der Waals surface area (Å²) in [6, 6.07) is 14.4. The number of thiocarbonyl (C=S) groups is 1. The maximum absolute atomic E-state index is 13.4. The Bertz CT molecular complexity index is 1470. The first-order chi connectivity index (χ1) is 17.1. The smallest absolute Gasteiger partial charge is 0.339 e. The number of hydrogen-bond donors (Lipinski definition) is 2. The molecule has 9 nitrogen and oxygen atoms in total. The minimum Gasteiger partial charge on any atom is -0.478 e. The van der Waals surface area contributed by atoms with Gasteiger partial charge in [0, 0.05) is 11.4 Å². The molecule has 2 aromatic carbocycles. The zero-order chi connectivity index (χ0) is 26.1. The second-order valence-electron chi connectivity index (χ2n) is 7.98. The highest BCUT2D eigenvalue weighted by Crippen LogP contribution is 2.28. The minimum atomic E-state index is -1.10. The normalized spacial score (nSPS) is 14.7. The molecule has 1 aliphatic heterocycles. The summed E-state index contributed by atoms with van der Waals surface area (Å²) >= 11 is 5.21. The lowest BCUT2D eigenvalue weighted by atomic mass is 10.1. The van der Waals surface area contributed by atoms with Crippen molar-refractivity contribution in [2.75, 3.05) is 12.0 Å². The van der Waals surface area contributed by atoms with Crippen LogP contribution in [0, 0.1) is 13.8 Å². The summed E-state index contributed by atoms with van der Waals surface area (Å²) in [5, 5.41) is 11.5. The van der Waals surface area contributed by atoms with E-state index >= 15 is 0 Å². The van der Waals surface area contributed by atoms with Crippen LogP contribution in [0.5, 0.6) is 0 Å². The van der Waals surface area contributed by atoms with Gasteiger partial charge in [-0.3, -0.25) is 19.8 Å². The zero-order valence-electron chi connectivity index (χ0n) is 19.6. The first-order valence-electron chi connectivity index (χ1n) is 10.8. The number of nitrogens with zero attached hydrogens (tertiary/aromatic N) is 2. The van der Waals surface area contributed by atoms with Crippen molar-refractivity contribution in [3.63, 3.8) is 0 Å². The third kappa shape index (κ3) is 4.29. The minimum absolute atomic E-state index is 0.0496. The van der Waals surface area contributed by atoms with Gasteiger partial charge in [-0.15, -0.1) is 0 Å². The van der Waals surface area contributed by atoms with E-state index < -0.39 is 23.8 Å². The molecule has 0 atom stereocenters. The van der Waals surface area contributed by atoms with E-state index in [2.05, 4.69) is 5.32 Å². The molecule has 0 saturated carbocycles. The van der Waals surface area contributed by atoms with Gasteiger partial charge in [0.2, 0.25) is 0 Å². The number of benzene rings is 2. The van der Waals surface area contributed by atoms with E-state index in [1.807, 2.05) is 18.4 Å². The fraction of sp³-hybridized carbons (Fsp3) is 0.115. The van der Waals surface area contributed by atoms with Crippen LogP contribution in [0.4, 0.5) is 5.69 Å². The van der Waals surface area contributed by atoms with Gasteiger partial charge in [0.25, 0.3) is 11.8 Å². The Labute approximate surface area is 211 Å². The average Bonchev–Trinajstić information content (AvgIpc) is 3.13. The molecule has 0 bridgehead atoms. The largest absolute Gasteiger partial charge is 0.478 e. The third-order valence-corrected chi connectivity index (χ3v) is 6.08. The Hall–Kier alpha value is -4.57. The molecule has 1 fully saturated rings. The van der Waals surface area contributed by atoms with Crippen molar-refractivity contribution in [2.45, 2.75) is 13.8 Å². The molecule has 3 aromatic rings. The molecule has 1 aromatic heterocycles. The number of carboxylic acids is 1. The Kier molecular flexibility index (Phi) is 6.54. The molecule has 182 valence electrons. The molecule has 1 aliphatic rings. The molecule has 0 aliphatic carbocycles. The highest BCUT2D eigenvalue weighted by molar-refractivity contribution is 7.80. The van der Waals surface area contributed by atoms with Crippen molar-refractivity contribution in [2.24, 2.45) is 0 Å². The van der Waals surface area contributed by atoms with Gasteiger partial charge in [-0.1, -0.05) is 12.1 Å². The Morgan fingerprint density at radius 3 is 2.36 bits per heavy atom. The maximum atomic E-state index is 13.4. The molecule has 10 heteroatoms. The van der Waals surface area contributed by atoms with Crippen LogP contribution in [0.15, 0.2) is 60.2 Å². The zero-order valence-corrected chi connectivity index (χ0v) is 20.4. The molecule has 0 radical (unpaired) electrons. The SMILES string of the molecule is COC(=O)c1ccccc1-n1c(C)cc(/C=C2\C(=O)NC(=S)N(c3ccc(C(=O)O)cc3)C2=O)c1C. The molecule has 0 unspecified atom stereocenters. The van der Waals surface area contributed by atoms with Crippen molar-refractivity contribution in [3.05, 3.63) is 88.2 Å². The van der Waals surface area contributed by atoms with Gasteiger partial charge in [0.05, 0.1) is 29.6 Å². The molecule has 1 saturated heterocycles. The number of amides is 2. The van der Waals surface area contributed by atoms with Crippen LogP contribution in [0.1, 0.15) is 37.7 Å². The maximum Gasteiger partial charge on any atom is 0.339 e. The number of carboxylic acid groups (broad SMARTS) is 1. The van der Waals surface area contributed by atoms with Crippen LogP contribution >= 0.6 is 12.2 Å². The number of aromatic carboxylic acids is 1.